The summed E-state index contributed by atoms with van der Waals surface area (Å²) in [5.74, 6) is 0.660. The summed E-state index contributed by atoms with van der Waals surface area (Å²) >= 11 is 0. The summed E-state index contributed by atoms with van der Waals surface area (Å²) in [4.78, 5) is 4.47. The number of aromatic nitrogens is 3. The molecule has 1 N–H and O–H groups in total. The van der Waals surface area contributed by atoms with Crippen molar-refractivity contribution in [3.05, 3.63) is 59.8 Å². The Hall–Kier alpha value is -2.36. The lowest BCUT2D eigenvalue weighted by atomic mass is 10.2. The van der Waals surface area contributed by atoms with Gasteiger partial charge in [-0.15, -0.1) is 5.10 Å². The third kappa shape index (κ3) is 2.05. The van der Waals surface area contributed by atoms with E-state index in [-0.39, 0.29) is 0 Å². The Bertz CT molecular complexity index is 658. The Labute approximate surface area is 105 Å². The molecule has 90 valence electrons. The first-order chi connectivity index (χ1) is 8.83. The molecule has 0 atom stereocenters. The van der Waals surface area contributed by atoms with Gasteiger partial charge >= 0.3 is 0 Å². The third-order valence-electron chi connectivity index (χ3n) is 2.85. The summed E-state index contributed by atoms with van der Waals surface area (Å²) in [5, 5.41) is 7.62. The van der Waals surface area contributed by atoms with Crippen molar-refractivity contribution < 1.29 is 0 Å². The van der Waals surface area contributed by atoms with Crippen LogP contribution < -0.4 is 5.32 Å². The molecule has 0 aliphatic rings. The minimum absolute atomic E-state index is 0.660. The van der Waals surface area contributed by atoms with E-state index >= 15 is 0 Å². The molecule has 4 heteroatoms. The van der Waals surface area contributed by atoms with Crippen molar-refractivity contribution in [3.8, 4) is 0 Å². The highest BCUT2D eigenvalue weighted by Gasteiger charge is 2.04. The molecule has 0 unspecified atom stereocenters. The van der Waals surface area contributed by atoms with Crippen LogP contribution in [0.4, 0.5) is 5.95 Å². The van der Waals surface area contributed by atoms with Crippen LogP contribution in [0.3, 0.4) is 0 Å². The SMILES string of the molecule is Cc1cccn2nc(NCc3ccccc3)nc12. The highest BCUT2D eigenvalue weighted by Crippen LogP contribution is 2.10. The zero-order valence-electron chi connectivity index (χ0n) is 10.2. The van der Waals surface area contributed by atoms with Crippen molar-refractivity contribution in [1.29, 1.82) is 0 Å². The van der Waals surface area contributed by atoms with Gasteiger partial charge in [-0.2, -0.15) is 4.98 Å². The molecule has 0 spiro atoms. The largest absolute Gasteiger partial charge is 0.349 e. The number of nitrogens with one attached hydrogen (secondary N) is 1. The van der Waals surface area contributed by atoms with Crippen molar-refractivity contribution in [3.63, 3.8) is 0 Å². The van der Waals surface area contributed by atoms with E-state index < -0.39 is 0 Å². The number of anilines is 1. The summed E-state index contributed by atoms with van der Waals surface area (Å²) in [6, 6.07) is 14.2. The maximum absolute atomic E-state index is 4.47. The lowest BCUT2D eigenvalue weighted by Crippen LogP contribution is -2.00. The summed E-state index contributed by atoms with van der Waals surface area (Å²) in [6.45, 7) is 2.77. The second kappa shape index (κ2) is 4.49. The molecule has 2 aromatic heterocycles. The van der Waals surface area contributed by atoms with E-state index in [4.69, 9.17) is 0 Å². The Kier molecular flexibility index (Phi) is 2.68. The number of nitrogens with zero attached hydrogens (tertiary/aromatic N) is 3. The zero-order chi connectivity index (χ0) is 12.4. The van der Waals surface area contributed by atoms with Gasteiger partial charge < -0.3 is 5.32 Å². The first-order valence-electron chi connectivity index (χ1n) is 5.93. The van der Waals surface area contributed by atoms with Gasteiger partial charge in [0.05, 0.1) is 0 Å². The molecule has 18 heavy (non-hydrogen) atoms. The summed E-state index contributed by atoms with van der Waals surface area (Å²) in [7, 11) is 0. The van der Waals surface area contributed by atoms with E-state index in [1.807, 2.05) is 43.5 Å². The molecule has 0 radical (unpaired) electrons. The number of hydrogen-bond acceptors (Lipinski definition) is 3. The van der Waals surface area contributed by atoms with E-state index in [1.54, 1.807) is 4.52 Å². The zero-order valence-corrected chi connectivity index (χ0v) is 10.2. The van der Waals surface area contributed by atoms with E-state index in [0.29, 0.717) is 5.95 Å². The second-order valence-corrected chi connectivity index (χ2v) is 4.23. The molecule has 0 aliphatic carbocycles. The maximum Gasteiger partial charge on any atom is 0.243 e. The van der Waals surface area contributed by atoms with Crippen LogP contribution in [-0.2, 0) is 6.54 Å². The lowest BCUT2D eigenvalue weighted by molar-refractivity contribution is 0.946. The van der Waals surface area contributed by atoms with Gasteiger partial charge in [-0.3, -0.25) is 0 Å². The van der Waals surface area contributed by atoms with Gasteiger partial charge in [0.2, 0.25) is 5.95 Å². The van der Waals surface area contributed by atoms with Gasteiger partial charge in [0.25, 0.3) is 0 Å². The lowest BCUT2D eigenvalue weighted by Gasteiger charge is -2.00. The van der Waals surface area contributed by atoms with Crippen LogP contribution in [0.1, 0.15) is 11.1 Å². The molecule has 4 nitrogen and oxygen atoms in total. The number of rotatable bonds is 3. The smallest absolute Gasteiger partial charge is 0.243 e. The molecule has 0 aliphatic heterocycles. The van der Waals surface area contributed by atoms with Crippen LogP contribution in [0.5, 0.6) is 0 Å². The molecule has 0 bridgehead atoms. The van der Waals surface area contributed by atoms with Crippen molar-refractivity contribution >= 4 is 11.6 Å². The number of hydrogen-bond donors (Lipinski definition) is 1. The van der Waals surface area contributed by atoms with Gasteiger partial charge in [0, 0.05) is 12.7 Å². The van der Waals surface area contributed by atoms with Crippen molar-refractivity contribution in [2.75, 3.05) is 5.32 Å². The summed E-state index contributed by atoms with van der Waals surface area (Å²) in [5.41, 5.74) is 3.24. The maximum atomic E-state index is 4.47. The summed E-state index contributed by atoms with van der Waals surface area (Å²) < 4.78 is 1.79. The van der Waals surface area contributed by atoms with E-state index in [2.05, 4.69) is 27.5 Å². The van der Waals surface area contributed by atoms with Crippen LogP contribution in [0.2, 0.25) is 0 Å². The number of fused-ring (bicyclic) bond motifs is 1. The molecule has 1 aromatic carbocycles. The molecule has 3 aromatic rings. The van der Waals surface area contributed by atoms with E-state index in [1.165, 1.54) is 5.56 Å². The fourth-order valence-corrected chi connectivity index (χ4v) is 1.89. The summed E-state index contributed by atoms with van der Waals surface area (Å²) in [6.07, 6.45) is 1.91. The first-order valence-corrected chi connectivity index (χ1v) is 5.93. The molecule has 2 heterocycles. The van der Waals surface area contributed by atoms with Crippen LogP contribution in [-0.4, -0.2) is 14.6 Å². The van der Waals surface area contributed by atoms with Gasteiger partial charge in [0.1, 0.15) is 0 Å². The first kappa shape index (κ1) is 10.8. The predicted molar refractivity (Wildman–Crippen MR) is 71.5 cm³/mol. The molecule has 0 saturated heterocycles. The van der Waals surface area contributed by atoms with Gasteiger partial charge in [-0.25, -0.2) is 4.52 Å². The monoisotopic (exact) mass is 238 g/mol. The van der Waals surface area contributed by atoms with Gasteiger partial charge in [0.15, 0.2) is 5.65 Å². The standard InChI is InChI=1S/C14H14N4/c1-11-6-5-9-18-13(11)16-14(17-18)15-10-12-7-3-2-4-8-12/h2-9H,10H2,1H3,(H,15,17). The van der Waals surface area contributed by atoms with Gasteiger partial charge in [-0.05, 0) is 24.1 Å². The van der Waals surface area contributed by atoms with Crippen LogP contribution in [0.15, 0.2) is 48.7 Å². The minimum atomic E-state index is 0.660. The Balaban J connectivity index is 1.81. The molecule has 0 amide bonds. The molecular formula is C14H14N4. The van der Waals surface area contributed by atoms with Crippen molar-refractivity contribution in [1.82, 2.24) is 14.6 Å². The fraction of sp³-hybridized carbons (Fsp3) is 0.143. The van der Waals surface area contributed by atoms with Crippen molar-refractivity contribution in [2.24, 2.45) is 0 Å². The minimum Gasteiger partial charge on any atom is -0.349 e. The average molecular weight is 238 g/mol. The quantitative estimate of drug-likeness (QED) is 0.762. The van der Waals surface area contributed by atoms with E-state index in [9.17, 15) is 0 Å². The number of pyridine rings is 1. The highest BCUT2D eigenvalue weighted by atomic mass is 15.3. The van der Waals surface area contributed by atoms with Crippen molar-refractivity contribution in [2.45, 2.75) is 13.5 Å². The Morgan fingerprint density at radius 1 is 1.11 bits per heavy atom. The number of aryl methyl sites for hydroxylation is 1. The predicted octanol–water partition coefficient (Wildman–Crippen LogP) is 2.65. The Morgan fingerprint density at radius 3 is 2.72 bits per heavy atom. The fourth-order valence-electron chi connectivity index (χ4n) is 1.89. The van der Waals surface area contributed by atoms with Crippen LogP contribution >= 0.6 is 0 Å². The Morgan fingerprint density at radius 2 is 1.94 bits per heavy atom. The molecular weight excluding hydrogens is 224 g/mol. The van der Waals surface area contributed by atoms with E-state index in [0.717, 1.165) is 17.8 Å². The average Bonchev–Trinajstić information content (AvgIpc) is 2.82. The second-order valence-electron chi connectivity index (χ2n) is 4.23. The number of benzene rings is 1. The molecule has 0 fully saturated rings. The molecule has 3 rings (SSSR count). The third-order valence-corrected chi connectivity index (χ3v) is 2.85. The normalized spacial score (nSPS) is 10.7. The van der Waals surface area contributed by atoms with Crippen LogP contribution in [0.25, 0.3) is 5.65 Å². The van der Waals surface area contributed by atoms with Gasteiger partial charge in [-0.1, -0.05) is 36.4 Å². The molecule has 0 saturated carbocycles. The highest BCUT2D eigenvalue weighted by molar-refractivity contribution is 5.49. The topological polar surface area (TPSA) is 42.2 Å². The van der Waals surface area contributed by atoms with Crippen LogP contribution in [0, 0.1) is 6.92 Å².